The van der Waals surface area contributed by atoms with Gasteiger partial charge >= 0.3 is 17.9 Å². The number of benzene rings is 4. The zero-order valence-corrected chi connectivity index (χ0v) is 56.1. The molecule has 4 aromatic carbocycles. The lowest BCUT2D eigenvalue weighted by molar-refractivity contribution is -0.143. The van der Waals surface area contributed by atoms with Gasteiger partial charge in [-0.25, -0.2) is 18.4 Å². The average molecular weight is 1360 g/mol. The number of nitrogens with zero attached hydrogens (tertiary/aromatic N) is 2. The molecular weight excluding hydrogens is 1280 g/mol. The summed E-state index contributed by atoms with van der Waals surface area (Å²) < 4.78 is 31.7. The van der Waals surface area contributed by atoms with Crippen LogP contribution in [0.3, 0.4) is 0 Å². The van der Waals surface area contributed by atoms with Crippen molar-refractivity contribution < 1.29 is 52.3 Å². The monoisotopic (exact) mass is 1360 g/mol. The van der Waals surface area contributed by atoms with Gasteiger partial charge in [0.05, 0.1) is 51.1 Å². The van der Waals surface area contributed by atoms with E-state index in [4.69, 9.17) is 57.0 Å². The third-order valence-corrected chi connectivity index (χ3v) is 24.4. The fourth-order valence-electron chi connectivity index (χ4n) is 18.6. The van der Waals surface area contributed by atoms with Crippen molar-refractivity contribution in [1.82, 2.24) is 0 Å². The number of nitrogens with two attached hydrogens (primary N) is 1. The molecule has 4 aromatic rings. The number of fused-ring (bicyclic) bond motifs is 6. The molecule has 0 unspecified atom stereocenters. The second-order valence-corrected chi connectivity index (χ2v) is 31.1. The van der Waals surface area contributed by atoms with Crippen LogP contribution < -0.4 is 16.4 Å². The first-order chi connectivity index (χ1) is 43.2. The van der Waals surface area contributed by atoms with Crippen molar-refractivity contribution in [2.24, 2.45) is 67.3 Å². The highest BCUT2D eigenvalue weighted by Gasteiger charge is 2.74. The quantitative estimate of drug-likeness (QED) is 0.122. The number of hydrogen-bond acceptors (Lipinski definition) is 11. The van der Waals surface area contributed by atoms with Crippen LogP contribution in [0, 0.1) is 62.9 Å². The summed E-state index contributed by atoms with van der Waals surface area (Å²) in [4.78, 5) is 87.7. The second kappa shape index (κ2) is 25.9. The third-order valence-electron chi connectivity index (χ3n) is 23.4. The number of ketones is 1. The molecule has 6 aliphatic carbocycles. The zero-order valence-electron chi connectivity index (χ0n) is 52.3. The summed E-state index contributed by atoms with van der Waals surface area (Å²) in [7, 11) is 0. The molecule has 0 bridgehead atoms. The van der Waals surface area contributed by atoms with E-state index in [-0.39, 0.29) is 86.6 Å². The molecule has 492 valence electrons. The number of carbonyl (C=O) groups excluding carboxylic acids is 5. The van der Waals surface area contributed by atoms with Crippen LogP contribution in [-0.2, 0) is 49.3 Å². The highest BCUT2D eigenvalue weighted by Crippen LogP contribution is 2.74. The van der Waals surface area contributed by atoms with Crippen LogP contribution in [-0.4, -0.2) is 58.1 Å². The molecule has 4 aliphatic heterocycles. The van der Waals surface area contributed by atoms with Crippen molar-refractivity contribution in [1.29, 1.82) is 0 Å². The van der Waals surface area contributed by atoms with Gasteiger partial charge in [-0.3, -0.25) is 19.2 Å². The standard InChI is InChI=1S/C36H39Cl2FN2O4.C26H26Cl2FNO3.C9H14N2O2.ClH/c1-34(2)12-14-35(15-13-34)19-24(29(42)16-20-6-8-21(9-7-20)27-18-30(43)45-41-27)31(23-4-3-5-26(38)32(23)39)36(35)25-11-10-22(37)17-28(25)40-33(36)44;1-24(2)8-10-25(11-9-24)13-16(22(31)32)20(15-4-3-5-18(28)21(15)29)26(25)17-7-6-14(27)12-19(17)30-23(26)33;10-7-3-1-6(2-4-7)8-5-9(12)13-11-8;/h3-5,10-11,17,20-21,24,31H,6-9,12-16,18-19H2,1-2H3,(H,40,44);3-7,12,16,20H,8-11,13H2,1-2H3,(H,30,33)(H,31,32);6-7H,1-5,10H2;1H/t20?,21?,24-,31-,36+;16-,20+,26-;;/m01../s1. The molecule has 92 heavy (non-hydrogen) atoms. The number of rotatable bonds is 8. The molecule has 6 atom stereocenters. The Hall–Kier alpha value is -5.49. The molecule has 14 nitrogen and oxygen atoms in total. The van der Waals surface area contributed by atoms with Crippen LogP contribution in [0.5, 0.6) is 0 Å². The molecule has 14 rings (SSSR count). The maximum absolute atomic E-state index is 16.2. The second-order valence-electron chi connectivity index (χ2n) is 29.4. The highest BCUT2D eigenvalue weighted by molar-refractivity contribution is 6.32. The van der Waals surface area contributed by atoms with Gasteiger partial charge in [0.2, 0.25) is 11.8 Å². The molecular formula is C71H80Cl5F2N5O9. The summed E-state index contributed by atoms with van der Waals surface area (Å²) in [6.45, 7) is 8.92. The van der Waals surface area contributed by atoms with E-state index in [9.17, 15) is 33.9 Å². The minimum Gasteiger partial charge on any atom is -0.481 e. The Kier molecular flexibility index (Phi) is 19.1. The Morgan fingerprint density at radius 3 is 1.39 bits per heavy atom. The maximum atomic E-state index is 16.2. The number of hydrogen-bond donors (Lipinski definition) is 4. The summed E-state index contributed by atoms with van der Waals surface area (Å²) in [5.74, 6) is -5.36. The number of amides is 2. The van der Waals surface area contributed by atoms with Gasteiger partial charge in [0.1, 0.15) is 17.4 Å². The van der Waals surface area contributed by atoms with Crippen molar-refractivity contribution in [2.45, 2.75) is 191 Å². The number of Topliss-reactive ketones (excluding diaryl/α,β-unsaturated/α-hetero) is 1. The molecule has 21 heteroatoms. The van der Waals surface area contributed by atoms with Gasteiger partial charge in [0.25, 0.3) is 0 Å². The van der Waals surface area contributed by atoms with Crippen LogP contribution in [0.1, 0.15) is 197 Å². The summed E-state index contributed by atoms with van der Waals surface area (Å²) in [6, 6.07) is 20.7. The number of carboxylic acids is 1. The van der Waals surface area contributed by atoms with Crippen molar-refractivity contribution in [3.8, 4) is 0 Å². The summed E-state index contributed by atoms with van der Waals surface area (Å²) in [5.41, 5.74) is 7.50. The van der Waals surface area contributed by atoms with E-state index < -0.39 is 62.9 Å². The lowest BCUT2D eigenvalue weighted by Crippen LogP contribution is -2.52. The third kappa shape index (κ3) is 11.9. The lowest BCUT2D eigenvalue weighted by atomic mass is 9.51. The van der Waals surface area contributed by atoms with Crippen molar-refractivity contribution in [3.63, 3.8) is 0 Å². The number of halogens is 7. The van der Waals surface area contributed by atoms with Crippen LogP contribution >= 0.6 is 58.8 Å². The van der Waals surface area contributed by atoms with Gasteiger partial charge in [-0.15, -0.1) is 12.4 Å². The van der Waals surface area contributed by atoms with Gasteiger partial charge in [-0.1, -0.05) is 121 Å². The minimum atomic E-state index is -1.22. The Bertz CT molecular complexity index is 3670. The smallest absolute Gasteiger partial charge is 0.340 e. The molecule has 0 aromatic heterocycles. The van der Waals surface area contributed by atoms with Crippen LogP contribution in [0.25, 0.3) is 0 Å². The number of nitrogens with one attached hydrogen (secondary N) is 2. The first-order valence-corrected chi connectivity index (χ1v) is 33.9. The number of carbonyl (C=O) groups is 6. The Labute approximate surface area is 562 Å². The fourth-order valence-corrected chi connectivity index (χ4v) is 19.3. The Morgan fingerprint density at radius 1 is 0.587 bits per heavy atom. The van der Waals surface area contributed by atoms with E-state index in [0.29, 0.717) is 83.0 Å². The summed E-state index contributed by atoms with van der Waals surface area (Å²) in [5, 5.41) is 25.1. The number of aliphatic carboxylic acids is 1. The minimum absolute atomic E-state index is 0. The molecule has 5 N–H and O–H groups in total. The first-order valence-electron chi connectivity index (χ1n) is 32.4. The predicted molar refractivity (Wildman–Crippen MR) is 354 cm³/mol. The first kappa shape index (κ1) is 67.9. The molecule has 6 fully saturated rings. The van der Waals surface area contributed by atoms with Crippen molar-refractivity contribution in [2.75, 3.05) is 10.6 Å². The largest absolute Gasteiger partial charge is 0.481 e. The molecule has 4 spiro atoms. The summed E-state index contributed by atoms with van der Waals surface area (Å²) in [6.07, 6.45) is 15.9. The topological polar surface area (TPSA) is 216 Å². The zero-order chi connectivity index (χ0) is 64.7. The van der Waals surface area contributed by atoms with E-state index in [1.54, 1.807) is 48.5 Å². The molecule has 0 radical (unpaired) electrons. The van der Waals surface area contributed by atoms with E-state index >= 15 is 8.78 Å². The van der Waals surface area contributed by atoms with Crippen molar-refractivity contribution in [3.05, 3.63) is 127 Å². The van der Waals surface area contributed by atoms with Crippen LogP contribution in [0.2, 0.25) is 20.1 Å². The molecule has 10 aliphatic rings. The maximum Gasteiger partial charge on any atom is 0.340 e. The fraction of sp³-hybridized carbons (Fsp3) is 0.549. The predicted octanol–water partition coefficient (Wildman–Crippen LogP) is 16.8. The highest BCUT2D eigenvalue weighted by atomic mass is 35.5. The number of carboxylic acid groups (broad SMARTS) is 1. The normalized spacial score (nSPS) is 30.8. The summed E-state index contributed by atoms with van der Waals surface area (Å²) >= 11 is 25.2. The van der Waals surface area contributed by atoms with Crippen LogP contribution in [0.4, 0.5) is 20.2 Å². The van der Waals surface area contributed by atoms with Gasteiger partial charge < -0.3 is 31.1 Å². The van der Waals surface area contributed by atoms with Gasteiger partial charge in [-0.2, -0.15) is 0 Å². The average Bonchev–Trinajstić information content (AvgIpc) is 1.51. The van der Waals surface area contributed by atoms with Gasteiger partial charge in [0.15, 0.2) is 0 Å². The number of oxime groups is 2. The van der Waals surface area contributed by atoms with Gasteiger partial charge in [-0.05, 0) is 202 Å². The molecule has 6 saturated carbocycles. The van der Waals surface area contributed by atoms with E-state index in [1.165, 1.54) is 12.1 Å². The number of anilines is 2. The van der Waals surface area contributed by atoms with E-state index in [1.807, 2.05) is 12.1 Å². The molecule has 4 heterocycles. The lowest BCUT2D eigenvalue weighted by Gasteiger charge is -2.51. The van der Waals surface area contributed by atoms with Crippen molar-refractivity contribution >= 4 is 117 Å². The SMILES string of the molecule is CC1(C)CCC2(CC1)C[C@@H](C(=O)CC1CCC(C3=NOC(=O)C3)CC1)[C@H](c1cccc(Cl)c1F)[C@]21C(=O)Nc2cc(Cl)ccc21.CC1(C)CCC2(CC1)C[C@@H](C(=O)O)[C@H](c1cccc(Cl)c1F)[C@]21C(=O)Nc2cc(Cl)ccc21.Cl.NC1CCC(C2=NOC(=O)C2)CC1. The molecule has 2 amide bonds. The van der Waals surface area contributed by atoms with Crippen LogP contribution in [0.15, 0.2) is 83.1 Å². The Balaban J connectivity index is 0.000000161. The Morgan fingerprint density at radius 2 is 0.989 bits per heavy atom. The van der Waals surface area contributed by atoms with E-state index in [2.05, 4.69) is 53.5 Å². The molecule has 0 saturated heterocycles. The van der Waals surface area contributed by atoms with E-state index in [0.717, 1.165) is 107 Å². The van der Waals surface area contributed by atoms with Gasteiger partial charge in [0, 0.05) is 63.5 Å².